The van der Waals surface area contributed by atoms with Crippen LogP contribution in [0.2, 0.25) is 0 Å². The van der Waals surface area contributed by atoms with Crippen molar-refractivity contribution >= 4 is 10.8 Å². The first-order valence-electron chi connectivity index (χ1n) is 8.41. The summed E-state index contributed by atoms with van der Waals surface area (Å²) in [7, 11) is 0. The SMILES string of the molecule is OC[C@H]1CCCCN1CC(O)COc1ccc2ccccc2c1. The molecule has 23 heavy (non-hydrogen) atoms. The van der Waals surface area contributed by atoms with Crippen LogP contribution >= 0.6 is 0 Å². The maximum absolute atomic E-state index is 10.2. The molecule has 124 valence electrons. The number of likely N-dealkylation sites (tertiary alicyclic amines) is 1. The van der Waals surface area contributed by atoms with E-state index in [0.717, 1.165) is 36.9 Å². The molecule has 0 aromatic heterocycles. The normalized spacial score (nSPS) is 20.5. The molecule has 4 nitrogen and oxygen atoms in total. The van der Waals surface area contributed by atoms with Crippen molar-refractivity contribution in [2.45, 2.75) is 31.4 Å². The van der Waals surface area contributed by atoms with E-state index in [-0.39, 0.29) is 19.3 Å². The van der Waals surface area contributed by atoms with E-state index >= 15 is 0 Å². The van der Waals surface area contributed by atoms with Crippen molar-refractivity contribution in [3.8, 4) is 5.75 Å². The smallest absolute Gasteiger partial charge is 0.120 e. The summed E-state index contributed by atoms with van der Waals surface area (Å²) in [6, 6.07) is 14.3. The monoisotopic (exact) mass is 315 g/mol. The minimum atomic E-state index is -0.548. The van der Waals surface area contributed by atoms with Gasteiger partial charge in [0.15, 0.2) is 0 Å². The van der Waals surface area contributed by atoms with Crippen LogP contribution in [0, 0.1) is 0 Å². The minimum Gasteiger partial charge on any atom is -0.491 e. The zero-order valence-electron chi connectivity index (χ0n) is 13.4. The van der Waals surface area contributed by atoms with Crippen LogP contribution < -0.4 is 4.74 Å². The van der Waals surface area contributed by atoms with Crippen LogP contribution in [0.1, 0.15) is 19.3 Å². The van der Waals surface area contributed by atoms with Crippen LogP contribution in [0.3, 0.4) is 0 Å². The molecule has 0 aliphatic carbocycles. The van der Waals surface area contributed by atoms with Crippen molar-refractivity contribution in [2.75, 3.05) is 26.3 Å². The Balaban J connectivity index is 1.54. The number of rotatable bonds is 6. The maximum Gasteiger partial charge on any atom is 0.120 e. The van der Waals surface area contributed by atoms with Crippen LogP contribution in [0.15, 0.2) is 42.5 Å². The Morgan fingerprint density at radius 2 is 1.96 bits per heavy atom. The second-order valence-corrected chi connectivity index (χ2v) is 6.30. The van der Waals surface area contributed by atoms with Gasteiger partial charge in [0, 0.05) is 12.6 Å². The highest BCUT2D eigenvalue weighted by Crippen LogP contribution is 2.21. The standard InChI is InChI=1S/C19H25NO3/c21-13-17-7-3-4-10-20(17)12-18(22)14-23-19-9-8-15-5-1-2-6-16(15)11-19/h1-2,5-6,8-9,11,17-18,21-22H,3-4,7,10,12-14H2/t17-,18?/m1/s1. The third-order valence-corrected chi connectivity index (χ3v) is 4.57. The largest absolute Gasteiger partial charge is 0.491 e. The lowest BCUT2D eigenvalue weighted by atomic mass is 10.0. The van der Waals surface area contributed by atoms with Gasteiger partial charge in [-0.1, -0.05) is 36.8 Å². The van der Waals surface area contributed by atoms with Gasteiger partial charge in [-0.05, 0) is 42.3 Å². The Hall–Kier alpha value is -1.62. The van der Waals surface area contributed by atoms with Gasteiger partial charge < -0.3 is 14.9 Å². The van der Waals surface area contributed by atoms with Crippen molar-refractivity contribution in [3.05, 3.63) is 42.5 Å². The number of nitrogens with zero attached hydrogens (tertiary/aromatic N) is 1. The number of hydrogen-bond acceptors (Lipinski definition) is 4. The van der Waals surface area contributed by atoms with Crippen molar-refractivity contribution in [1.82, 2.24) is 4.90 Å². The molecule has 2 atom stereocenters. The van der Waals surface area contributed by atoms with E-state index in [9.17, 15) is 10.2 Å². The highest BCUT2D eigenvalue weighted by Gasteiger charge is 2.23. The van der Waals surface area contributed by atoms with Crippen LogP contribution in [0.4, 0.5) is 0 Å². The summed E-state index contributed by atoms with van der Waals surface area (Å²) in [6.07, 6.45) is 2.75. The van der Waals surface area contributed by atoms with Gasteiger partial charge in [0.25, 0.3) is 0 Å². The van der Waals surface area contributed by atoms with Crippen LogP contribution in [-0.2, 0) is 0 Å². The van der Waals surface area contributed by atoms with E-state index in [0.29, 0.717) is 6.54 Å². The number of aliphatic hydroxyl groups excluding tert-OH is 2. The second kappa shape index (κ2) is 7.77. The molecule has 2 aromatic carbocycles. The van der Waals surface area contributed by atoms with E-state index in [1.54, 1.807) is 0 Å². The van der Waals surface area contributed by atoms with Crippen LogP contribution in [0.25, 0.3) is 10.8 Å². The Bertz CT molecular complexity index is 631. The first kappa shape index (κ1) is 16.2. The van der Waals surface area contributed by atoms with E-state index in [2.05, 4.69) is 17.0 Å². The Morgan fingerprint density at radius 1 is 1.13 bits per heavy atom. The lowest BCUT2D eigenvalue weighted by Crippen LogP contribution is -2.46. The summed E-state index contributed by atoms with van der Waals surface area (Å²) in [5.41, 5.74) is 0. The molecule has 3 rings (SSSR count). The molecule has 0 bridgehead atoms. The number of ether oxygens (including phenoxy) is 1. The predicted molar refractivity (Wildman–Crippen MR) is 91.7 cm³/mol. The number of β-amino-alcohol motifs (C(OH)–C–C–N with tert-alkyl or cyclic N) is 1. The molecule has 1 heterocycles. The van der Waals surface area contributed by atoms with E-state index in [1.807, 2.05) is 30.3 Å². The fourth-order valence-electron chi connectivity index (χ4n) is 3.28. The number of benzene rings is 2. The number of fused-ring (bicyclic) bond motifs is 1. The van der Waals surface area contributed by atoms with Crippen molar-refractivity contribution in [1.29, 1.82) is 0 Å². The second-order valence-electron chi connectivity index (χ2n) is 6.30. The van der Waals surface area contributed by atoms with Gasteiger partial charge in [-0.2, -0.15) is 0 Å². The molecule has 4 heteroatoms. The Morgan fingerprint density at radius 3 is 2.78 bits per heavy atom. The molecule has 0 amide bonds. The first-order valence-corrected chi connectivity index (χ1v) is 8.41. The van der Waals surface area contributed by atoms with Crippen LogP contribution in [-0.4, -0.2) is 53.6 Å². The zero-order valence-corrected chi connectivity index (χ0v) is 13.4. The number of piperidine rings is 1. The highest BCUT2D eigenvalue weighted by molar-refractivity contribution is 5.83. The summed E-state index contributed by atoms with van der Waals surface area (Å²) in [4.78, 5) is 2.18. The molecular formula is C19H25NO3. The molecule has 1 fully saturated rings. The molecule has 0 saturated carbocycles. The minimum absolute atomic E-state index is 0.165. The highest BCUT2D eigenvalue weighted by atomic mass is 16.5. The summed E-state index contributed by atoms with van der Waals surface area (Å²) < 4.78 is 5.75. The van der Waals surface area contributed by atoms with Gasteiger partial charge in [0.05, 0.1) is 6.61 Å². The Labute approximate surface area is 137 Å². The fourth-order valence-corrected chi connectivity index (χ4v) is 3.28. The first-order chi connectivity index (χ1) is 11.3. The molecular weight excluding hydrogens is 290 g/mol. The van der Waals surface area contributed by atoms with Crippen molar-refractivity contribution in [2.24, 2.45) is 0 Å². The Kier molecular flexibility index (Phi) is 5.49. The van der Waals surface area contributed by atoms with E-state index < -0.39 is 6.10 Å². The molecule has 1 unspecified atom stereocenters. The van der Waals surface area contributed by atoms with Crippen LogP contribution in [0.5, 0.6) is 5.75 Å². The fraction of sp³-hybridized carbons (Fsp3) is 0.474. The summed E-state index contributed by atoms with van der Waals surface area (Å²) >= 11 is 0. The van der Waals surface area contributed by atoms with Gasteiger partial charge in [-0.25, -0.2) is 0 Å². The third-order valence-electron chi connectivity index (χ3n) is 4.57. The lowest BCUT2D eigenvalue weighted by Gasteiger charge is -2.35. The molecule has 2 aromatic rings. The topological polar surface area (TPSA) is 52.9 Å². The zero-order chi connectivity index (χ0) is 16.1. The van der Waals surface area contributed by atoms with Crippen molar-refractivity contribution in [3.63, 3.8) is 0 Å². The third kappa shape index (κ3) is 4.22. The molecule has 0 radical (unpaired) electrons. The van der Waals surface area contributed by atoms with Gasteiger partial charge in [0.2, 0.25) is 0 Å². The summed E-state index contributed by atoms with van der Waals surface area (Å²) in [5.74, 6) is 0.778. The van der Waals surface area contributed by atoms with Crippen molar-refractivity contribution < 1.29 is 14.9 Å². The predicted octanol–water partition coefficient (Wildman–Crippen LogP) is 2.43. The molecule has 1 aliphatic heterocycles. The van der Waals surface area contributed by atoms with Gasteiger partial charge in [-0.15, -0.1) is 0 Å². The van der Waals surface area contributed by atoms with E-state index in [1.165, 1.54) is 5.39 Å². The van der Waals surface area contributed by atoms with Gasteiger partial charge in [0.1, 0.15) is 18.5 Å². The molecule has 0 spiro atoms. The average Bonchev–Trinajstić information content (AvgIpc) is 2.60. The average molecular weight is 315 g/mol. The molecule has 1 aliphatic rings. The number of aliphatic hydroxyl groups is 2. The maximum atomic E-state index is 10.2. The van der Waals surface area contributed by atoms with E-state index in [4.69, 9.17) is 4.74 Å². The molecule has 2 N–H and O–H groups in total. The number of hydrogen-bond donors (Lipinski definition) is 2. The van der Waals surface area contributed by atoms with Gasteiger partial charge in [-0.3, -0.25) is 4.90 Å². The molecule has 1 saturated heterocycles. The summed E-state index contributed by atoms with van der Waals surface area (Å²) in [5, 5.41) is 22.0. The lowest BCUT2D eigenvalue weighted by molar-refractivity contribution is 0.0232. The summed E-state index contributed by atoms with van der Waals surface area (Å²) in [6.45, 7) is 1.93. The van der Waals surface area contributed by atoms with Gasteiger partial charge >= 0.3 is 0 Å². The quantitative estimate of drug-likeness (QED) is 0.859.